The van der Waals surface area contributed by atoms with Crippen molar-refractivity contribution in [1.82, 2.24) is 9.97 Å². The lowest BCUT2D eigenvalue weighted by molar-refractivity contribution is 1.15. The Morgan fingerprint density at radius 1 is 1.29 bits per heavy atom. The summed E-state index contributed by atoms with van der Waals surface area (Å²) in [6, 6.07) is 9.38. The van der Waals surface area contributed by atoms with Gasteiger partial charge in [0.25, 0.3) is 0 Å². The van der Waals surface area contributed by atoms with E-state index in [0.717, 1.165) is 10.2 Å². The first-order valence-electron chi connectivity index (χ1n) is 4.81. The van der Waals surface area contributed by atoms with Crippen LogP contribution >= 0.6 is 28.1 Å². The van der Waals surface area contributed by atoms with Crippen molar-refractivity contribution in [3.63, 3.8) is 0 Å². The molecule has 0 aliphatic heterocycles. The first-order valence-corrected chi connectivity index (χ1v) is 6.01. The quantitative estimate of drug-likeness (QED) is 0.853. The molecule has 3 N–H and O–H groups in total. The summed E-state index contributed by atoms with van der Waals surface area (Å²) in [5, 5.41) is 3.08. The summed E-state index contributed by atoms with van der Waals surface area (Å²) in [5.74, 6) is 0.460. The van der Waals surface area contributed by atoms with Gasteiger partial charge in [-0.25, -0.2) is 9.97 Å². The van der Waals surface area contributed by atoms with E-state index in [9.17, 15) is 0 Å². The van der Waals surface area contributed by atoms with Gasteiger partial charge in [-0.15, -0.1) is 0 Å². The zero-order valence-electron chi connectivity index (χ0n) is 8.72. The molecule has 0 bridgehead atoms. The third-order valence-corrected chi connectivity index (χ3v) is 2.93. The highest BCUT2D eigenvalue weighted by Gasteiger charge is 2.03. The number of para-hydroxylation sites is 1. The van der Waals surface area contributed by atoms with E-state index < -0.39 is 0 Å². The standard InChI is InChI=1S/C11H9BrN4S/c12-7-3-1-2-4-8(7)15-11-14-6-5-9(16-11)10(13)17/h1-6H,(H2,13,17)(H,14,15,16). The topological polar surface area (TPSA) is 63.8 Å². The number of thiocarbonyl (C=S) groups is 1. The van der Waals surface area contributed by atoms with Crippen LogP contribution in [0.5, 0.6) is 0 Å². The maximum atomic E-state index is 5.51. The van der Waals surface area contributed by atoms with E-state index in [1.807, 2.05) is 24.3 Å². The molecule has 2 rings (SSSR count). The van der Waals surface area contributed by atoms with Gasteiger partial charge in [-0.2, -0.15) is 0 Å². The molecular weight excluding hydrogens is 300 g/mol. The van der Waals surface area contributed by atoms with Crippen LogP contribution in [0.3, 0.4) is 0 Å². The van der Waals surface area contributed by atoms with Crippen LogP contribution in [0.25, 0.3) is 0 Å². The Labute approximate surface area is 112 Å². The average Bonchev–Trinajstić information content (AvgIpc) is 2.32. The molecule has 0 spiro atoms. The van der Waals surface area contributed by atoms with Crippen molar-refractivity contribution in [1.29, 1.82) is 0 Å². The Hall–Kier alpha value is -1.53. The van der Waals surface area contributed by atoms with Gasteiger partial charge in [-0.1, -0.05) is 24.4 Å². The third-order valence-electron chi connectivity index (χ3n) is 2.03. The molecule has 1 heterocycles. The molecule has 0 aliphatic carbocycles. The van der Waals surface area contributed by atoms with E-state index in [1.165, 1.54) is 0 Å². The monoisotopic (exact) mass is 308 g/mol. The smallest absolute Gasteiger partial charge is 0.227 e. The van der Waals surface area contributed by atoms with E-state index in [1.54, 1.807) is 12.3 Å². The van der Waals surface area contributed by atoms with Gasteiger partial charge in [0, 0.05) is 10.7 Å². The number of nitrogens with one attached hydrogen (secondary N) is 1. The molecule has 4 nitrogen and oxygen atoms in total. The van der Waals surface area contributed by atoms with Crippen LogP contribution in [0.2, 0.25) is 0 Å². The Kier molecular flexibility index (Phi) is 3.65. The van der Waals surface area contributed by atoms with Crippen LogP contribution < -0.4 is 11.1 Å². The van der Waals surface area contributed by atoms with E-state index in [2.05, 4.69) is 31.2 Å². The lowest BCUT2D eigenvalue weighted by Crippen LogP contribution is -2.12. The normalized spacial score (nSPS) is 9.94. The van der Waals surface area contributed by atoms with Crippen LogP contribution in [-0.4, -0.2) is 15.0 Å². The van der Waals surface area contributed by atoms with E-state index in [4.69, 9.17) is 18.0 Å². The number of hydrogen-bond donors (Lipinski definition) is 2. The van der Waals surface area contributed by atoms with Gasteiger partial charge in [-0.05, 0) is 34.1 Å². The number of aromatic nitrogens is 2. The van der Waals surface area contributed by atoms with Crippen molar-refractivity contribution in [3.05, 3.63) is 46.7 Å². The highest BCUT2D eigenvalue weighted by Crippen LogP contribution is 2.23. The lowest BCUT2D eigenvalue weighted by atomic mass is 10.3. The van der Waals surface area contributed by atoms with Gasteiger partial charge in [-0.3, -0.25) is 0 Å². The Morgan fingerprint density at radius 3 is 2.76 bits per heavy atom. The van der Waals surface area contributed by atoms with Crippen LogP contribution in [0.4, 0.5) is 11.6 Å². The highest BCUT2D eigenvalue weighted by molar-refractivity contribution is 9.10. The minimum atomic E-state index is 0.252. The van der Waals surface area contributed by atoms with E-state index >= 15 is 0 Å². The molecule has 0 aliphatic rings. The van der Waals surface area contributed by atoms with Crippen LogP contribution in [0.15, 0.2) is 41.0 Å². The van der Waals surface area contributed by atoms with Crippen molar-refractivity contribution >= 4 is 44.8 Å². The van der Waals surface area contributed by atoms with Gasteiger partial charge < -0.3 is 11.1 Å². The molecule has 0 fully saturated rings. The van der Waals surface area contributed by atoms with E-state index in [-0.39, 0.29) is 4.99 Å². The molecule has 1 aromatic carbocycles. The molecule has 6 heteroatoms. The highest BCUT2D eigenvalue weighted by atomic mass is 79.9. The summed E-state index contributed by atoms with van der Waals surface area (Å²) in [4.78, 5) is 8.55. The van der Waals surface area contributed by atoms with Crippen molar-refractivity contribution in [2.24, 2.45) is 5.73 Å². The fourth-order valence-electron chi connectivity index (χ4n) is 1.24. The van der Waals surface area contributed by atoms with Crippen LogP contribution in [0.1, 0.15) is 5.69 Å². The maximum Gasteiger partial charge on any atom is 0.227 e. The van der Waals surface area contributed by atoms with Crippen molar-refractivity contribution in [2.75, 3.05) is 5.32 Å². The third kappa shape index (κ3) is 2.98. The number of rotatable bonds is 3. The zero-order valence-corrected chi connectivity index (χ0v) is 11.1. The summed E-state index contributed by atoms with van der Waals surface area (Å²) in [7, 11) is 0. The van der Waals surface area contributed by atoms with E-state index in [0.29, 0.717) is 11.6 Å². The van der Waals surface area contributed by atoms with Gasteiger partial charge in [0.1, 0.15) is 10.7 Å². The molecule has 86 valence electrons. The van der Waals surface area contributed by atoms with Crippen LogP contribution in [-0.2, 0) is 0 Å². The second kappa shape index (κ2) is 5.20. The number of benzene rings is 1. The van der Waals surface area contributed by atoms with Crippen molar-refractivity contribution < 1.29 is 0 Å². The van der Waals surface area contributed by atoms with Gasteiger partial charge >= 0.3 is 0 Å². The molecule has 0 saturated carbocycles. The number of nitrogens with two attached hydrogens (primary N) is 1. The molecule has 2 aromatic rings. The lowest BCUT2D eigenvalue weighted by Gasteiger charge is -2.07. The molecule has 0 atom stereocenters. The predicted octanol–water partition coefficient (Wildman–Crippen LogP) is 2.62. The minimum Gasteiger partial charge on any atom is -0.388 e. The van der Waals surface area contributed by atoms with Gasteiger partial charge in [0.2, 0.25) is 5.95 Å². The first kappa shape index (κ1) is 11.9. The Morgan fingerprint density at radius 2 is 2.06 bits per heavy atom. The molecule has 0 unspecified atom stereocenters. The predicted molar refractivity (Wildman–Crippen MR) is 75.3 cm³/mol. The summed E-state index contributed by atoms with van der Waals surface area (Å²) in [6.07, 6.45) is 1.61. The van der Waals surface area contributed by atoms with Crippen LogP contribution in [0, 0.1) is 0 Å². The van der Waals surface area contributed by atoms with Gasteiger partial charge in [0.05, 0.1) is 5.69 Å². The fourth-order valence-corrected chi connectivity index (χ4v) is 1.74. The largest absolute Gasteiger partial charge is 0.388 e. The Balaban J connectivity index is 2.28. The fraction of sp³-hybridized carbons (Fsp3) is 0. The molecule has 0 radical (unpaired) electrons. The average molecular weight is 309 g/mol. The summed E-state index contributed by atoms with van der Waals surface area (Å²) < 4.78 is 0.935. The van der Waals surface area contributed by atoms with Crippen molar-refractivity contribution in [3.8, 4) is 0 Å². The molecule has 0 amide bonds. The summed E-state index contributed by atoms with van der Waals surface area (Å²) >= 11 is 8.30. The minimum absolute atomic E-state index is 0.252. The summed E-state index contributed by atoms with van der Waals surface area (Å²) in [5.41, 5.74) is 6.94. The number of halogens is 1. The summed E-state index contributed by atoms with van der Waals surface area (Å²) in [6.45, 7) is 0. The molecule has 17 heavy (non-hydrogen) atoms. The zero-order chi connectivity index (χ0) is 12.3. The second-order valence-electron chi connectivity index (χ2n) is 3.23. The maximum absolute atomic E-state index is 5.51. The molecular formula is C11H9BrN4S. The number of hydrogen-bond acceptors (Lipinski definition) is 4. The second-order valence-corrected chi connectivity index (χ2v) is 4.53. The number of anilines is 2. The van der Waals surface area contributed by atoms with Crippen molar-refractivity contribution in [2.45, 2.75) is 0 Å². The van der Waals surface area contributed by atoms with Gasteiger partial charge in [0.15, 0.2) is 0 Å². The molecule has 0 saturated heterocycles. The first-order chi connectivity index (χ1) is 8.16. The SMILES string of the molecule is NC(=S)c1ccnc(Nc2ccccc2Br)n1. The number of nitrogens with zero attached hydrogens (tertiary/aromatic N) is 2. The molecule has 1 aromatic heterocycles. The Bertz CT molecular complexity index is 559.